The molecule has 0 fully saturated rings. The fourth-order valence-electron chi connectivity index (χ4n) is 1.75. The highest BCUT2D eigenvalue weighted by Crippen LogP contribution is 2.20. The SMILES string of the molecule is CC(C)c1nc(Oc2ccc(CC(=O)O)cc2)cc(=O)[nH]1. The van der Waals surface area contributed by atoms with Crippen LogP contribution in [0.1, 0.15) is 31.2 Å². The highest BCUT2D eigenvalue weighted by molar-refractivity contribution is 5.70. The van der Waals surface area contributed by atoms with Gasteiger partial charge in [0.25, 0.3) is 5.56 Å². The lowest BCUT2D eigenvalue weighted by Gasteiger charge is -2.08. The zero-order valence-electron chi connectivity index (χ0n) is 11.8. The highest BCUT2D eigenvalue weighted by atomic mass is 16.5. The number of rotatable bonds is 5. The Bertz CT molecular complexity index is 690. The van der Waals surface area contributed by atoms with Crippen LogP contribution in [0.15, 0.2) is 35.1 Å². The van der Waals surface area contributed by atoms with E-state index in [2.05, 4.69) is 9.97 Å². The summed E-state index contributed by atoms with van der Waals surface area (Å²) < 4.78 is 5.53. The predicted molar refractivity (Wildman–Crippen MR) is 76.8 cm³/mol. The molecular weight excluding hydrogens is 272 g/mol. The van der Waals surface area contributed by atoms with Crippen LogP contribution in [0.3, 0.4) is 0 Å². The second-order valence-electron chi connectivity index (χ2n) is 4.94. The Morgan fingerprint density at radius 2 is 2.00 bits per heavy atom. The van der Waals surface area contributed by atoms with E-state index in [1.54, 1.807) is 24.3 Å². The molecule has 1 aromatic carbocycles. The number of carboxylic acids is 1. The smallest absolute Gasteiger partial charge is 0.307 e. The largest absolute Gasteiger partial charge is 0.481 e. The molecule has 21 heavy (non-hydrogen) atoms. The number of aromatic nitrogens is 2. The molecule has 2 aromatic rings. The zero-order valence-corrected chi connectivity index (χ0v) is 11.8. The second kappa shape index (κ2) is 6.21. The van der Waals surface area contributed by atoms with E-state index in [0.29, 0.717) is 17.1 Å². The van der Waals surface area contributed by atoms with Crippen LogP contribution in [0.25, 0.3) is 0 Å². The van der Waals surface area contributed by atoms with Gasteiger partial charge in [0, 0.05) is 5.92 Å². The molecule has 0 bridgehead atoms. The average Bonchev–Trinajstić information content (AvgIpc) is 2.39. The van der Waals surface area contributed by atoms with Gasteiger partial charge in [-0.05, 0) is 17.7 Å². The van der Waals surface area contributed by atoms with Crippen molar-refractivity contribution in [3.05, 3.63) is 52.1 Å². The molecule has 0 aliphatic heterocycles. The van der Waals surface area contributed by atoms with Crippen molar-refractivity contribution in [1.82, 2.24) is 9.97 Å². The summed E-state index contributed by atoms with van der Waals surface area (Å²) in [6.07, 6.45) is -0.0406. The van der Waals surface area contributed by atoms with E-state index in [1.807, 2.05) is 13.8 Å². The van der Waals surface area contributed by atoms with Gasteiger partial charge in [-0.2, -0.15) is 4.98 Å². The van der Waals surface area contributed by atoms with E-state index in [0.717, 1.165) is 0 Å². The molecule has 0 saturated heterocycles. The van der Waals surface area contributed by atoms with Crippen LogP contribution in [-0.2, 0) is 11.2 Å². The topological polar surface area (TPSA) is 92.3 Å². The van der Waals surface area contributed by atoms with Gasteiger partial charge in [0.15, 0.2) is 0 Å². The molecule has 1 aromatic heterocycles. The number of aromatic amines is 1. The molecule has 0 unspecified atom stereocenters. The van der Waals surface area contributed by atoms with Crippen molar-refractivity contribution in [3.63, 3.8) is 0 Å². The third-order valence-corrected chi connectivity index (χ3v) is 2.78. The van der Waals surface area contributed by atoms with Crippen molar-refractivity contribution >= 4 is 5.97 Å². The maximum Gasteiger partial charge on any atom is 0.307 e. The minimum Gasteiger partial charge on any atom is -0.481 e. The highest BCUT2D eigenvalue weighted by Gasteiger charge is 2.07. The fraction of sp³-hybridized carbons (Fsp3) is 0.267. The lowest BCUT2D eigenvalue weighted by Crippen LogP contribution is -2.11. The van der Waals surface area contributed by atoms with Gasteiger partial charge >= 0.3 is 5.97 Å². The van der Waals surface area contributed by atoms with Crippen molar-refractivity contribution in [3.8, 4) is 11.6 Å². The maximum absolute atomic E-state index is 11.5. The molecule has 1 heterocycles. The molecule has 6 heteroatoms. The first-order chi connectivity index (χ1) is 9.94. The molecule has 0 atom stereocenters. The number of hydrogen-bond donors (Lipinski definition) is 2. The number of ether oxygens (including phenoxy) is 1. The predicted octanol–water partition coefficient (Wildman–Crippen LogP) is 2.31. The van der Waals surface area contributed by atoms with Crippen molar-refractivity contribution < 1.29 is 14.6 Å². The zero-order chi connectivity index (χ0) is 15.4. The van der Waals surface area contributed by atoms with Crippen molar-refractivity contribution in [2.24, 2.45) is 0 Å². The van der Waals surface area contributed by atoms with Crippen molar-refractivity contribution in [2.75, 3.05) is 0 Å². The Morgan fingerprint density at radius 1 is 1.33 bits per heavy atom. The molecule has 6 nitrogen and oxygen atoms in total. The number of benzene rings is 1. The van der Waals surface area contributed by atoms with Crippen molar-refractivity contribution in [2.45, 2.75) is 26.2 Å². The van der Waals surface area contributed by atoms with Crippen LogP contribution in [0.2, 0.25) is 0 Å². The number of carboxylic acid groups (broad SMARTS) is 1. The van der Waals surface area contributed by atoms with Crippen LogP contribution in [-0.4, -0.2) is 21.0 Å². The molecule has 0 saturated carbocycles. The number of nitrogens with one attached hydrogen (secondary N) is 1. The summed E-state index contributed by atoms with van der Waals surface area (Å²) in [5, 5.41) is 8.71. The second-order valence-corrected chi connectivity index (χ2v) is 4.94. The van der Waals surface area contributed by atoms with E-state index < -0.39 is 5.97 Å². The average molecular weight is 288 g/mol. The van der Waals surface area contributed by atoms with Gasteiger partial charge in [0.1, 0.15) is 11.6 Å². The first kappa shape index (κ1) is 14.8. The number of carbonyl (C=O) groups is 1. The normalized spacial score (nSPS) is 10.6. The van der Waals surface area contributed by atoms with E-state index >= 15 is 0 Å². The monoisotopic (exact) mass is 288 g/mol. The molecule has 2 N–H and O–H groups in total. The van der Waals surface area contributed by atoms with Crippen LogP contribution < -0.4 is 10.3 Å². The molecule has 0 radical (unpaired) electrons. The van der Waals surface area contributed by atoms with Gasteiger partial charge in [0.2, 0.25) is 5.88 Å². The molecule has 0 aliphatic rings. The van der Waals surface area contributed by atoms with Gasteiger partial charge in [0.05, 0.1) is 12.5 Å². The van der Waals surface area contributed by atoms with Crippen LogP contribution in [0, 0.1) is 0 Å². The minimum atomic E-state index is -0.887. The fourth-order valence-corrected chi connectivity index (χ4v) is 1.75. The lowest BCUT2D eigenvalue weighted by atomic mass is 10.1. The number of H-pyrrole nitrogens is 1. The molecular formula is C15H16N2O4. The third kappa shape index (κ3) is 4.17. The molecule has 0 spiro atoms. The minimum absolute atomic E-state index is 0.0406. The third-order valence-electron chi connectivity index (χ3n) is 2.78. The quantitative estimate of drug-likeness (QED) is 0.880. The summed E-state index contributed by atoms with van der Waals surface area (Å²) in [5.41, 5.74) is 0.405. The number of nitrogens with zero attached hydrogens (tertiary/aromatic N) is 1. The van der Waals surface area contributed by atoms with Gasteiger partial charge in [-0.3, -0.25) is 9.59 Å². The summed E-state index contributed by atoms with van der Waals surface area (Å²) in [6, 6.07) is 7.91. The van der Waals surface area contributed by atoms with E-state index in [4.69, 9.17) is 9.84 Å². The molecule has 0 amide bonds. The van der Waals surface area contributed by atoms with Crippen LogP contribution >= 0.6 is 0 Å². The number of aliphatic carboxylic acids is 1. The lowest BCUT2D eigenvalue weighted by molar-refractivity contribution is -0.136. The van der Waals surface area contributed by atoms with Crippen LogP contribution in [0.4, 0.5) is 0 Å². The Labute approximate surface area is 121 Å². The summed E-state index contributed by atoms with van der Waals surface area (Å²) in [5.74, 6) is 0.464. The van der Waals surface area contributed by atoms with E-state index in [1.165, 1.54) is 6.07 Å². The Morgan fingerprint density at radius 3 is 2.57 bits per heavy atom. The van der Waals surface area contributed by atoms with E-state index in [9.17, 15) is 9.59 Å². The number of hydrogen-bond acceptors (Lipinski definition) is 4. The maximum atomic E-state index is 11.5. The molecule has 110 valence electrons. The summed E-state index contributed by atoms with van der Waals surface area (Å²) in [6.45, 7) is 3.84. The Balaban J connectivity index is 2.18. The van der Waals surface area contributed by atoms with Gasteiger partial charge in [-0.1, -0.05) is 26.0 Å². The van der Waals surface area contributed by atoms with Gasteiger partial charge < -0.3 is 14.8 Å². The van der Waals surface area contributed by atoms with Gasteiger partial charge in [-0.15, -0.1) is 0 Å². The standard InChI is InChI=1S/C15H16N2O4/c1-9(2)15-16-12(18)8-13(17-15)21-11-5-3-10(4-6-11)7-14(19)20/h3-6,8-9H,7H2,1-2H3,(H,19,20)(H,16,17,18). The summed E-state index contributed by atoms with van der Waals surface area (Å²) >= 11 is 0. The molecule has 0 aliphatic carbocycles. The summed E-state index contributed by atoms with van der Waals surface area (Å²) in [4.78, 5) is 29.0. The Kier molecular flexibility index (Phi) is 4.37. The first-order valence-electron chi connectivity index (χ1n) is 6.54. The summed E-state index contributed by atoms with van der Waals surface area (Å²) in [7, 11) is 0. The Hall–Kier alpha value is -2.63. The first-order valence-corrected chi connectivity index (χ1v) is 6.54. The van der Waals surface area contributed by atoms with Crippen molar-refractivity contribution in [1.29, 1.82) is 0 Å². The van der Waals surface area contributed by atoms with Gasteiger partial charge in [-0.25, -0.2) is 0 Å². The molecule has 2 rings (SSSR count). The van der Waals surface area contributed by atoms with Crippen LogP contribution in [0.5, 0.6) is 11.6 Å². The van der Waals surface area contributed by atoms with E-state index in [-0.39, 0.29) is 23.8 Å².